The molecule has 4 rings (SSSR count). The maximum atomic E-state index is 12.7. The molecule has 0 aromatic heterocycles. The number of benzene rings is 4. The summed E-state index contributed by atoms with van der Waals surface area (Å²) < 4.78 is 0. The highest BCUT2D eigenvalue weighted by molar-refractivity contribution is 6.30. The first-order chi connectivity index (χ1) is 15.0. The molecular formula is C27H25ClN2O. The van der Waals surface area contributed by atoms with E-state index in [1.54, 1.807) is 0 Å². The highest BCUT2D eigenvalue weighted by Gasteiger charge is 2.08. The number of rotatable bonds is 6. The molecule has 3 nitrogen and oxygen atoms in total. The molecule has 31 heavy (non-hydrogen) atoms. The van der Waals surface area contributed by atoms with E-state index in [0.29, 0.717) is 17.1 Å². The highest BCUT2D eigenvalue weighted by atomic mass is 35.5. The molecule has 0 spiro atoms. The zero-order valence-corrected chi connectivity index (χ0v) is 18.5. The van der Waals surface area contributed by atoms with Crippen molar-refractivity contribution in [2.75, 3.05) is 14.1 Å². The molecule has 0 fully saturated rings. The molecule has 0 aliphatic heterocycles. The first-order valence-corrected chi connectivity index (χ1v) is 10.7. The van der Waals surface area contributed by atoms with E-state index in [4.69, 9.17) is 11.6 Å². The van der Waals surface area contributed by atoms with Crippen molar-refractivity contribution < 1.29 is 4.79 Å². The van der Waals surface area contributed by atoms with Crippen molar-refractivity contribution in [1.29, 1.82) is 0 Å². The number of fused-ring (bicyclic) bond motifs is 1. The second-order valence-electron chi connectivity index (χ2n) is 7.98. The zero-order valence-electron chi connectivity index (χ0n) is 17.7. The van der Waals surface area contributed by atoms with Gasteiger partial charge in [-0.25, -0.2) is 0 Å². The SMILES string of the molecule is CN(C)Cc1ccc2c(CNC(=O)c3ccc(-c4ccc(Cl)cc4)cc3)cccc2c1. The Morgan fingerprint density at radius 3 is 2.23 bits per heavy atom. The molecule has 1 amide bonds. The van der Waals surface area contributed by atoms with Gasteiger partial charge in [0.2, 0.25) is 0 Å². The van der Waals surface area contributed by atoms with E-state index in [1.165, 1.54) is 16.3 Å². The quantitative estimate of drug-likeness (QED) is 0.399. The van der Waals surface area contributed by atoms with Crippen molar-refractivity contribution in [3.05, 3.63) is 107 Å². The van der Waals surface area contributed by atoms with Gasteiger partial charge in [0.25, 0.3) is 5.91 Å². The number of amides is 1. The Hall–Kier alpha value is -3.14. The van der Waals surface area contributed by atoms with Gasteiger partial charge in [-0.15, -0.1) is 0 Å². The minimum absolute atomic E-state index is 0.0797. The largest absolute Gasteiger partial charge is 0.348 e. The molecule has 0 radical (unpaired) electrons. The summed E-state index contributed by atoms with van der Waals surface area (Å²) >= 11 is 5.96. The van der Waals surface area contributed by atoms with Gasteiger partial charge in [0.1, 0.15) is 0 Å². The Morgan fingerprint density at radius 1 is 0.871 bits per heavy atom. The van der Waals surface area contributed by atoms with Gasteiger partial charge in [0, 0.05) is 23.7 Å². The summed E-state index contributed by atoms with van der Waals surface area (Å²) in [6.45, 7) is 1.39. The van der Waals surface area contributed by atoms with E-state index in [0.717, 1.165) is 23.2 Å². The summed E-state index contributed by atoms with van der Waals surface area (Å²) in [5.74, 6) is -0.0797. The molecule has 4 aromatic rings. The number of halogens is 1. The molecule has 4 aromatic carbocycles. The van der Waals surface area contributed by atoms with Gasteiger partial charge in [-0.05, 0) is 77.5 Å². The molecule has 1 N–H and O–H groups in total. The van der Waals surface area contributed by atoms with Crippen molar-refractivity contribution in [2.45, 2.75) is 13.1 Å². The van der Waals surface area contributed by atoms with Gasteiger partial charge in [0.15, 0.2) is 0 Å². The number of carbonyl (C=O) groups excluding carboxylic acids is 1. The topological polar surface area (TPSA) is 32.3 Å². The summed E-state index contributed by atoms with van der Waals surface area (Å²) in [6, 6.07) is 28.1. The van der Waals surface area contributed by atoms with E-state index >= 15 is 0 Å². The lowest BCUT2D eigenvalue weighted by atomic mass is 10.0. The molecule has 0 aliphatic carbocycles. The second kappa shape index (κ2) is 9.34. The minimum atomic E-state index is -0.0797. The smallest absolute Gasteiger partial charge is 0.251 e. The van der Waals surface area contributed by atoms with Crippen molar-refractivity contribution in [3.63, 3.8) is 0 Å². The number of carbonyl (C=O) groups is 1. The van der Waals surface area contributed by atoms with Gasteiger partial charge in [-0.3, -0.25) is 4.79 Å². The number of nitrogens with zero attached hydrogens (tertiary/aromatic N) is 1. The molecule has 0 aliphatic rings. The number of hydrogen-bond donors (Lipinski definition) is 1. The van der Waals surface area contributed by atoms with Crippen LogP contribution in [0.3, 0.4) is 0 Å². The van der Waals surface area contributed by atoms with Crippen molar-refractivity contribution in [1.82, 2.24) is 10.2 Å². The molecule has 0 heterocycles. The maximum Gasteiger partial charge on any atom is 0.251 e. The van der Waals surface area contributed by atoms with Crippen LogP contribution in [0, 0.1) is 0 Å². The second-order valence-corrected chi connectivity index (χ2v) is 8.41. The van der Waals surface area contributed by atoms with E-state index in [1.807, 2.05) is 54.6 Å². The Labute approximate surface area is 188 Å². The van der Waals surface area contributed by atoms with Crippen LogP contribution in [-0.4, -0.2) is 24.9 Å². The molecule has 0 bridgehead atoms. The lowest BCUT2D eigenvalue weighted by molar-refractivity contribution is 0.0951. The fourth-order valence-electron chi connectivity index (χ4n) is 3.75. The standard InChI is InChI=1S/C27H25ClN2O/c1-30(2)18-19-6-15-26-23(16-19)4-3-5-24(26)17-29-27(31)22-9-7-20(8-10-22)21-11-13-25(28)14-12-21/h3-16H,17-18H2,1-2H3,(H,29,31). The van der Waals surface area contributed by atoms with E-state index in [9.17, 15) is 4.79 Å². The molecule has 0 saturated carbocycles. The molecule has 0 unspecified atom stereocenters. The van der Waals surface area contributed by atoms with Crippen LogP contribution in [0.4, 0.5) is 0 Å². The molecule has 4 heteroatoms. The van der Waals surface area contributed by atoms with Gasteiger partial charge in [-0.2, -0.15) is 0 Å². The summed E-state index contributed by atoms with van der Waals surface area (Å²) in [4.78, 5) is 14.8. The van der Waals surface area contributed by atoms with E-state index in [-0.39, 0.29) is 5.91 Å². The van der Waals surface area contributed by atoms with Crippen LogP contribution in [0.15, 0.2) is 84.9 Å². The average Bonchev–Trinajstić information content (AvgIpc) is 2.77. The number of nitrogens with one attached hydrogen (secondary N) is 1. The van der Waals surface area contributed by atoms with E-state index < -0.39 is 0 Å². The Bertz CT molecular complexity index is 1200. The van der Waals surface area contributed by atoms with Crippen LogP contribution in [0.1, 0.15) is 21.5 Å². The van der Waals surface area contributed by atoms with Crippen LogP contribution in [0.2, 0.25) is 5.02 Å². The molecule has 156 valence electrons. The average molecular weight is 429 g/mol. The Balaban J connectivity index is 1.46. The molecule has 0 saturated heterocycles. The summed E-state index contributed by atoms with van der Waals surface area (Å²) in [5.41, 5.74) is 5.15. The lowest BCUT2D eigenvalue weighted by Gasteiger charge is -2.12. The first-order valence-electron chi connectivity index (χ1n) is 10.3. The van der Waals surface area contributed by atoms with Crippen molar-refractivity contribution in [3.8, 4) is 11.1 Å². The van der Waals surface area contributed by atoms with Gasteiger partial charge in [-0.1, -0.05) is 66.2 Å². The zero-order chi connectivity index (χ0) is 21.8. The highest BCUT2D eigenvalue weighted by Crippen LogP contribution is 2.23. The Kier molecular flexibility index (Phi) is 6.36. The van der Waals surface area contributed by atoms with Crippen molar-refractivity contribution >= 4 is 28.3 Å². The van der Waals surface area contributed by atoms with Crippen LogP contribution in [-0.2, 0) is 13.1 Å². The first kappa shape index (κ1) is 21.1. The summed E-state index contributed by atoms with van der Waals surface area (Å²) in [7, 11) is 4.14. The predicted molar refractivity (Wildman–Crippen MR) is 129 cm³/mol. The summed E-state index contributed by atoms with van der Waals surface area (Å²) in [6.07, 6.45) is 0. The minimum Gasteiger partial charge on any atom is -0.348 e. The van der Waals surface area contributed by atoms with Gasteiger partial charge >= 0.3 is 0 Å². The van der Waals surface area contributed by atoms with Gasteiger partial charge in [0.05, 0.1) is 0 Å². The summed E-state index contributed by atoms with van der Waals surface area (Å²) in [5, 5.41) is 6.13. The fourth-order valence-corrected chi connectivity index (χ4v) is 3.88. The van der Waals surface area contributed by atoms with Crippen LogP contribution >= 0.6 is 11.6 Å². The maximum absolute atomic E-state index is 12.7. The molecular weight excluding hydrogens is 404 g/mol. The molecule has 0 atom stereocenters. The normalized spacial score (nSPS) is 11.1. The third-order valence-electron chi connectivity index (χ3n) is 5.30. The monoisotopic (exact) mass is 428 g/mol. The van der Waals surface area contributed by atoms with E-state index in [2.05, 4.69) is 54.6 Å². The fraction of sp³-hybridized carbons (Fsp3) is 0.148. The van der Waals surface area contributed by atoms with Crippen LogP contribution in [0.5, 0.6) is 0 Å². The number of hydrogen-bond acceptors (Lipinski definition) is 2. The van der Waals surface area contributed by atoms with Gasteiger partial charge < -0.3 is 10.2 Å². The third-order valence-corrected chi connectivity index (χ3v) is 5.55. The lowest BCUT2D eigenvalue weighted by Crippen LogP contribution is -2.22. The predicted octanol–water partition coefficient (Wildman–Crippen LogP) is 6.15. The van der Waals surface area contributed by atoms with Crippen molar-refractivity contribution in [2.24, 2.45) is 0 Å². The van der Waals surface area contributed by atoms with Crippen LogP contribution < -0.4 is 5.32 Å². The Morgan fingerprint density at radius 2 is 1.55 bits per heavy atom. The third kappa shape index (κ3) is 5.13. The van der Waals surface area contributed by atoms with Crippen LogP contribution in [0.25, 0.3) is 21.9 Å².